The molecule has 136 valence electrons. The molecule has 0 unspecified atom stereocenters. The first-order valence-corrected chi connectivity index (χ1v) is 12.6. The number of allylic oxidation sites excluding steroid dienone is 2. The highest BCUT2D eigenvalue weighted by Gasteiger charge is 2.60. The van der Waals surface area contributed by atoms with Gasteiger partial charge in [-0.15, -0.1) is 0 Å². The van der Waals surface area contributed by atoms with Crippen molar-refractivity contribution in [1.29, 1.82) is 0 Å². The van der Waals surface area contributed by atoms with Gasteiger partial charge in [0.25, 0.3) is 0 Å². The maximum Gasteiger partial charge on any atom is 0.198 e. The molecule has 3 fully saturated rings. The van der Waals surface area contributed by atoms with Crippen molar-refractivity contribution in [3.63, 3.8) is 0 Å². The van der Waals surface area contributed by atoms with Gasteiger partial charge in [0.1, 0.15) is 23.2 Å². The average molecular weight is 350 g/mol. The summed E-state index contributed by atoms with van der Waals surface area (Å²) in [6.45, 7) is 3.86. The van der Waals surface area contributed by atoms with Crippen LogP contribution in [0.1, 0.15) is 96.3 Å². The van der Waals surface area contributed by atoms with Crippen molar-refractivity contribution < 1.29 is 4.52 Å². The molecule has 0 aliphatic heterocycles. The Morgan fingerprint density at radius 1 is 0.625 bits per heavy atom. The van der Waals surface area contributed by atoms with Crippen LogP contribution in [-0.2, 0) is 4.52 Å². The minimum atomic E-state index is -1.39. The quantitative estimate of drug-likeness (QED) is 0.272. The van der Waals surface area contributed by atoms with E-state index in [0.717, 1.165) is 17.0 Å². The molecule has 0 aromatic carbocycles. The Labute approximate surface area is 150 Å². The monoisotopic (exact) mass is 349 g/mol. The topological polar surface area (TPSA) is 9.23 Å². The van der Waals surface area contributed by atoms with Gasteiger partial charge in [-0.1, -0.05) is 31.9 Å². The second kappa shape index (κ2) is 9.42. The van der Waals surface area contributed by atoms with E-state index < -0.39 is 7.49 Å². The maximum absolute atomic E-state index is 6.95. The molecule has 24 heavy (non-hydrogen) atoms. The Bertz CT molecular complexity index is 353. The van der Waals surface area contributed by atoms with Crippen molar-refractivity contribution in [1.82, 2.24) is 0 Å². The van der Waals surface area contributed by atoms with Gasteiger partial charge in [0.05, 0.1) is 0 Å². The smallest absolute Gasteiger partial charge is 0.198 e. The molecular weight excluding hydrogens is 311 g/mol. The SMILES string of the molecule is C=C/C=C\O[P+](C1CCCCC1)(C1CCCCC1)C1CCCCC1. The maximum atomic E-state index is 6.95. The molecule has 3 rings (SSSR count). The summed E-state index contributed by atoms with van der Waals surface area (Å²) in [7, 11) is -1.39. The molecule has 1 nitrogen and oxygen atoms in total. The van der Waals surface area contributed by atoms with E-state index in [-0.39, 0.29) is 0 Å². The summed E-state index contributed by atoms with van der Waals surface area (Å²) in [5.74, 6) is 0. The number of hydrogen-bond donors (Lipinski definition) is 0. The molecule has 0 N–H and O–H groups in total. The van der Waals surface area contributed by atoms with E-state index in [9.17, 15) is 0 Å². The van der Waals surface area contributed by atoms with Crippen molar-refractivity contribution in [2.24, 2.45) is 0 Å². The van der Waals surface area contributed by atoms with Crippen LogP contribution in [0.5, 0.6) is 0 Å². The van der Waals surface area contributed by atoms with Crippen LogP contribution >= 0.6 is 7.49 Å². The van der Waals surface area contributed by atoms with Crippen LogP contribution in [0.2, 0.25) is 0 Å². The van der Waals surface area contributed by atoms with E-state index >= 15 is 0 Å². The van der Waals surface area contributed by atoms with Crippen molar-refractivity contribution in [2.75, 3.05) is 0 Å². The Balaban J connectivity index is 1.91. The van der Waals surface area contributed by atoms with Crippen LogP contribution in [0.25, 0.3) is 0 Å². The molecule has 3 aliphatic carbocycles. The third-order valence-corrected chi connectivity index (χ3v) is 12.4. The lowest BCUT2D eigenvalue weighted by molar-refractivity contribution is 0.380. The van der Waals surface area contributed by atoms with Crippen molar-refractivity contribution in [2.45, 2.75) is 113 Å². The molecule has 3 saturated carbocycles. The molecule has 0 radical (unpaired) electrons. The highest BCUT2D eigenvalue weighted by molar-refractivity contribution is 7.73. The third-order valence-electron chi connectivity index (χ3n) is 6.89. The van der Waals surface area contributed by atoms with E-state index in [1.807, 2.05) is 12.2 Å². The zero-order chi connectivity index (χ0) is 16.7. The summed E-state index contributed by atoms with van der Waals surface area (Å²) in [5, 5.41) is 0. The molecule has 0 amide bonds. The Hall–Kier alpha value is -0.290. The lowest BCUT2D eigenvalue weighted by atomic mass is 9.99. The normalized spacial score (nSPS) is 25.8. The summed E-state index contributed by atoms with van der Waals surface area (Å²) in [6.07, 6.45) is 27.7. The van der Waals surface area contributed by atoms with Gasteiger partial charge in [-0.3, -0.25) is 0 Å². The van der Waals surface area contributed by atoms with Gasteiger partial charge in [0, 0.05) is 0 Å². The second-order valence-electron chi connectivity index (χ2n) is 8.31. The fourth-order valence-corrected chi connectivity index (χ4v) is 11.9. The van der Waals surface area contributed by atoms with Crippen LogP contribution < -0.4 is 0 Å². The standard InChI is InChI=1S/C22H38OP/c1-2-3-19-23-24(20-13-7-4-8-14-20,21-15-9-5-10-16-21)22-17-11-6-12-18-22/h2-3,19-22H,1,4-18H2/q+1/b19-3-. The zero-order valence-corrected chi connectivity index (χ0v) is 16.5. The minimum absolute atomic E-state index is 0.895. The molecule has 3 aliphatic rings. The van der Waals surface area contributed by atoms with Gasteiger partial charge in [0.2, 0.25) is 0 Å². The minimum Gasteiger partial charge on any atom is -0.358 e. The van der Waals surface area contributed by atoms with E-state index in [1.54, 1.807) is 0 Å². The predicted molar refractivity (Wildman–Crippen MR) is 108 cm³/mol. The Kier molecular flexibility index (Phi) is 7.26. The van der Waals surface area contributed by atoms with Crippen molar-refractivity contribution in [3.8, 4) is 0 Å². The Morgan fingerprint density at radius 3 is 1.33 bits per heavy atom. The number of hydrogen-bond acceptors (Lipinski definition) is 1. The largest absolute Gasteiger partial charge is 0.358 e. The molecule has 0 spiro atoms. The summed E-state index contributed by atoms with van der Waals surface area (Å²) in [5.41, 5.74) is 2.69. The van der Waals surface area contributed by atoms with E-state index in [1.165, 1.54) is 96.3 Å². The van der Waals surface area contributed by atoms with Gasteiger partial charge in [-0.05, 0) is 83.1 Å². The van der Waals surface area contributed by atoms with E-state index in [4.69, 9.17) is 4.52 Å². The first-order chi connectivity index (χ1) is 11.9. The molecule has 0 atom stereocenters. The van der Waals surface area contributed by atoms with Crippen LogP contribution in [0.15, 0.2) is 25.0 Å². The molecule has 0 aromatic heterocycles. The molecule has 0 saturated heterocycles. The van der Waals surface area contributed by atoms with E-state index in [2.05, 4.69) is 12.8 Å². The van der Waals surface area contributed by atoms with Gasteiger partial charge >= 0.3 is 0 Å². The first kappa shape index (κ1) is 18.5. The molecule has 0 heterocycles. The lowest BCUT2D eigenvalue weighted by Crippen LogP contribution is -2.36. The van der Waals surface area contributed by atoms with Crippen molar-refractivity contribution >= 4 is 7.49 Å². The zero-order valence-electron chi connectivity index (χ0n) is 15.6. The van der Waals surface area contributed by atoms with E-state index in [0.29, 0.717) is 0 Å². The van der Waals surface area contributed by atoms with Crippen LogP contribution in [-0.4, -0.2) is 17.0 Å². The predicted octanol–water partition coefficient (Wildman–Crippen LogP) is 7.63. The van der Waals surface area contributed by atoms with Crippen LogP contribution in [0.3, 0.4) is 0 Å². The highest BCUT2D eigenvalue weighted by Crippen LogP contribution is 2.78. The molecule has 2 heteroatoms. The average Bonchev–Trinajstić information content (AvgIpc) is 2.68. The van der Waals surface area contributed by atoms with Crippen LogP contribution in [0.4, 0.5) is 0 Å². The highest BCUT2D eigenvalue weighted by atomic mass is 31.2. The molecule has 0 aromatic rings. The summed E-state index contributed by atoms with van der Waals surface area (Å²) < 4.78 is 6.95. The Morgan fingerprint density at radius 2 is 1.00 bits per heavy atom. The summed E-state index contributed by atoms with van der Waals surface area (Å²) in [6, 6.07) is 0. The number of rotatable bonds is 6. The second-order valence-corrected chi connectivity index (χ2v) is 12.2. The molecule has 0 bridgehead atoms. The van der Waals surface area contributed by atoms with Crippen LogP contribution in [0, 0.1) is 0 Å². The third kappa shape index (κ3) is 4.09. The lowest BCUT2D eigenvalue weighted by Gasteiger charge is -2.46. The van der Waals surface area contributed by atoms with Gasteiger partial charge in [-0.2, -0.15) is 0 Å². The first-order valence-electron chi connectivity index (χ1n) is 10.7. The van der Waals surface area contributed by atoms with Gasteiger partial charge in [-0.25, -0.2) is 0 Å². The molecular formula is C22H38OP+. The fourth-order valence-electron chi connectivity index (χ4n) is 5.80. The summed E-state index contributed by atoms with van der Waals surface area (Å²) >= 11 is 0. The fraction of sp³-hybridized carbons (Fsp3) is 0.818. The van der Waals surface area contributed by atoms with Gasteiger partial charge < -0.3 is 4.52 Å². The summed E-state index contributed by atoms with van der Waals surface area (Å²) in [4.78, 5) is 0. The van der Waals surface area contributed by atoms with Crippen molar-refractivity contribution in [3.05, 3.63) is 25.0 Å². The van der Waals surface area contributed by atoms with Gasteiger partial charge in [0.15, 0.2) is 7.49 Å².